The molecule has 1 aliphatic heterocycles. The fourth-order valence-electron chi connectivity index (χ4n) is 2.24. The number of amides is 2. The lowest BCUT2D eigenvalue weighted by Crippen LogP contribution is -2.53. The molecule has 122 valence electrons. The van der Waals surface area contributed by atoms with Gasteiger partial charge in [-0.1, -0.05) is 20.8 Å². The number of urea groups is 1. The number of rotatable bonds is 1. The second-order valence-electron chi connectivity index (χ2n) is 7.21. The smallest absolute Gasteiger partial charge is 0.322 e. The number of carbonyl (C=O) groups is 1. The summed E-state index contributed by atoms with van der Waals surface area (Å²) in [7, 11) is -0.894. The lowest BCUT2D eigenvalue weighted by atomic mass is 9.96. The Balaban J connectivity index is 2.02. The number of hydrogen-bond acceptors (Lipinski definition) is 4. The van der Waals surface area contributed by atoms with E-state index in [2.05, 4.69) is 15.3 Å². The van der Waals surface area contributed by atoms with Crippen molar-refractivity contribution in [3.05, 3.63) is 18.2 Å². The summed E-state index contributed by atoms with van der Waals surface area (Å²) >= 11 is 0. The highest BCUT2D eigenvalue weighted by Crippen LogP contribution is 2.21. The lowest BCUT2D eigenvalue weighted by Gasteiger charge is -2.37. The van der Waals surface area contributed by atoms with Crippen LogP contribution >= 0.6 is 0 Å². The molecule has 0 spiro atoms. The van der Waals surface area contributed by atoms with E-state index in [-0.39, 0.29) is 16.2 Å². The van der Waals surface area contributed by atoms with Crippen LogP contribution in [0.15, 0.2) is 12.4 Å². The van der Waals surface area contributed by atoms with Crippen LogP contribution in [0.3, 0.4) is 0 Å². The van der Waals surface area contributed by atoms with Crippen molar-refractivity contribution in [2.75, 3.05) is 24.2 Å². The van der Waals surface area contributed by atoms with Gasteiger partial charge in [0.2, 0.25) is 0 Å². The Hall–Kier alpha value is -1.50. The molecule has 2 heterocycles. The quantitative estimate of drug-likeness (QED) is 0.859. The monoisotopic (exact) mass is 324 g/mol. The van der Waals surface area contributed by atoms with E-state index in [4.69, 9.17) is 0 Å². The zero-order chi connectivity index (χ0) is 16.5. The van der Waals surface area contributed by atoms with Gasteiger partial charge in [-0.05, 0) is 13.8 Å². The van der Waals surface area contributed by atoms with Crippen molar-refractivity contribution >= 4 is 22.5 Å². The minimum atomic E-state index is -0.894. The van der Waals surface area contributed by atoms with Gasteiger partial charge in [0.15, 0.2) is 0 Å². The summed E-state index contributed by atoms with van der Waals surface area (Å²) in [6.45, 7) is 10.9. The Labute approximate surface area is 134 Å². The van der Waals surface area contributed by atoms with E-state index in [9.17, 15) is 9.00 Å². The molecular formula is C15H24N4O2S. The molecule has 1 N–H and O–H groups in total. The Morgan fingerprint density at radius 1 is 1.32 bits per heavy atom. The average Bonchev–Trinajstić information content (AvgIpc) is 2.41. The number of anilines is 1. The summed E-state index contributed by atoms with van der Waals surface area (Å²) in [4.78, 5) is 22.6. The maximum atomic E-state index is 12.3. The summed E-state index contributed by atoms with van der Waals surface area (Å²) < 4.78 is 11.5. The summed E-state index contributed by atoms with van der Waals surface area (Å²) in [5.41, 5.74) is 0.450. The predicted octanol–water partition coefficient (Wildman–Crippen LogP) is 2.15. The first kappa shape index (κ1) is 16.9. The van der Waals surface area contributed by atoms with Gasteiger partial charge in [-0.15, -0.1) is 0 Å². The molecule has 1 fully saturated rings. The zero-order valence-electron chi connectivity index (χ0n) is 13.8. The number of aromatic nitrogens is 2. The molecule has 0 unspecified atom stereocenters. The van der Waals surface area contributed by atoms with Crippen molar-refractivity contribution in [3.8, 4) is 0 Å². The largest absolute Gasteiger partial charge is 0.322 e. The minimum Gasteiger partial charge on any atom is -0.322 e. The van der Waals surface area contributed by atoms with Crippen molar-refractivity contribution < 1.29 is 9.00 Å². The van der Waals surface area contributed by atoms with Crippen molar-refractivity contribution in [2.45, 2.75) is 44.8 Å². The number of nitrogens with zero attached hydrogens (tertiary/aromatic N) is 3. The van der Waals surface area contributed by atoms with E-state index >= 15 is 0 Å². The number of hydrogen-bond donors (Lipinski definition) is 1. The van der Waals surface area contributed by atoms with Crippen LogP contribution in [0.4, 0.5) is 10.5 Å². The van der Waals surface area contributed by atoms with Crippen LogP contribution in [0.25, 0.3) is 0 Å². The first-order valence-electron chi connectivity index (χ1n) is 7.36. The van der Waals surface area contributed by atoms with E-state index in [0.717, 1.165) is 5.82 Å². The van der Waals surface area contributed by atoms with Crippen molar-refractivity contribution in [3.63, 3.8) is 0 Å². The molecule has 0 radical (unpaired) electrons. The molecule has 0 bridgehead atoms. The van der Waals surface area contributed by atoms with Crippen LogP contribution in [0.1, 0.15) is 40.4 Å². The van der Waals surface area contributed by atoms with Gasteiger partial charge in [0.25, 0.3) is 0 Å². The van der Waals surface area contributed by atoms with Crippen molar-refractivity contribution in [1.82, 2.24) is 14.9 Å². The van der Waals surface area contributed by atoms with Gasteiger partial charge in [-0.2, -0.15) is 0 Å². The summed E-state index contributed by atoms with van der Waals surface area (Å²) in [5, 5.41) is 2.81. The maximum Gasteiger partial charge on any atom is 0.322 e. The Morgan fingerprint density at radius 2 is 1.91 bits per heavy atom. The zero-order valence-corrected chi connectivity index (χ0v) is 14.7. The summed E-state index contributed by atoms with van der Waals surface area (Å²) in [5.74, 6) is 1.25. The highest BCUT2D eigenvalue weighted by molar-refractivity contribution is 7.86. The maximum absolute atomic E-state index is 12.3. The summed E-state index contributed by atoms with van der Waals surface area (Å²) in [6, 6.07) is -0.197. The van der Waals surface area contributed by atoms with Gasteiger partial charge in [0, 0.05) is 35.1 Å². The van der Waals surface area contributed by atoms with Crippen molar-refractivity contribution in [2.24, 2.45) is 0 Å². The van der Waals surface area contributed by atoms with E-state index < -0.39 is 10.8 Å². The molecule has 1 aromatic rings. The first-order chi connectivity index (χ1) is 10.1. The summed E-state index contributed by atoms with van der Waals surface area (Å²) in [6.07, 6.45) is 3.25. The normalized spacial score (nSPS) is 21.5. The molecule has 0 saturated carbocycles. The van der Waals surface area contributed by atoms with Crippen LogP contribution in [0.5, 0.6) is 0 Å². The van der Waals surface area contributed by atoms with Crippen LogP contribution in [-0.2, 0) is 16.2 Å². The van der Waals surface area contributed by atoms with Gasteiger partial charge in [-0.3, -0.25) is 4.21 Å². The molecule has 0 aliphatic carbocycles. The van der Waals surface area contributed by atoms with Crippen LogP contribution < -0.4 is 5.32 Å². The van der Waals surface area contributed by atoms with Crippen LogP contribution in [0, 0.1) is 0 Å². The molecule has 2 rings (SSSR count). The third-order valence-electron chi connectivity index (χ3n) is 3.60. The highest BCUT2D eigenvalue weighted by atomic mass is 32.2. The number of nitrogens with one attached hydrogen (secondary N) is 1. The third kappa shape index (κ3) is 3.82. The second-order valence-corrected chi connectivity index (χ2v) is 9.41. The highest BCUT2D eigenvalue weighted by Gasteiger charge is 2.35. The molecule has 22 heavy (non-hydrogen) atoms. The Morgan fingerprint density at radius 3 is 2.41 bits per heavy atom. The topological polar surface area (TPSA) is 75.2 Å². The van der Waals surface area contributed by atoms with E-state index in [1.165, 1.54) is 0 Å². The first-order valence-corrected chi connectivity index (χ1v) is 8.68. The molecule has 1 saturated heterocycles. The predicted molar refractivity (Wildman–Crippen MR) is 88.4 cm³/mol. The van der Waals surface area contributed by atoms with E-state index in [1.807, 2.05) is 34.6 Å². The molecule has 7 heteroatoms. The fourth-order valence-corrected chi connectivity index (χ4v) is 3.47. The lowest BCUT2D eigenvalue weighted by molar-refractivity contribution is 0.207. The van der Waals surface area contributed by atoms with Gasteiger partial charge in [0.05, 0.1) is 22.8 Å². The third-order valence-corrected chi connectivity index (χ3v) is 5.51. The van der Waals surface area contributed by atoms with Crippen LogP contribution in [0.2, 0.25) is 0 Å². The van der Waals surface area contributed by atoms with Gasteiger partial charge < -0.3 is 10.2 Å². The van der Waals surface area contributed by atoms with Gasteiger partial charge >= 0.3 is 6.03 Å². The molecule has 2 amide bonds. The number of carbonyl (C=O) groups excluding carboxylic acids is 1. The second kappa shape index (κ2) is 5.95. The molecule has 1 aliphatic rings. The molecular weight excluding hydrogens is 300 g/mol. The standard InChI is InChI=1S/C15H24N4O2S/c1-14(2,3)12-16-8-11(9-17-12)18-13(20)19-6-7-22(21)15(4,5)10-19/h8-9H,6-7,10H2,1-5H3,(H,18,20)/t22-/m1/s1. The van der Waals surface area contributed by atoms with Gasteiger partial charge in [0.1, 0.15) is 5.82 Å². The van der Waals surface area contributed by atoms with Crippen LogP contribution in [-0.4, -0.2) is 48.7 Å². The molecule has 1 aromatic heterocycles. The molecule has 6 nitrogen and oxygen atoms in total. The Kier molecular flexibility index (Phi) is 4.56. The molecule has 1 atom stereocenters. The minimum absolute atomic E-state index is 0.122. The van der Waals surface area contributed by atoms with Gasteiger partial charge in [-0.25, -0.2) is 14.8 Å². The molecule has 0 aromatic carbocycles. The van der Waals surface area contributed by atoms with E-state index in [1.54, 1.807) is 17.3 Å². The van der Waals surface area contributed by atoms with Crippen molar-refractivity contribution in [1.29, 1.82) is 0 Å². The SMILES string of the molecule is CC(C)(C)c1ncc(NC(=O)N2CC[S@@](=O)C(C)(C)C2)cn1. The average molecular weight is 324 g/mol. The Bertz CT molecular complexity index is 578. The van der Waals surface area contributed by atoms with E-state index in [0.29, 0.717) is 24.5 Å². The fraction of sp³-hybridized carbons (Fsp3) is 0.667.